The average Bonchev–Trinajstić information content (AvgIpc) is 1.91. The van der Waals surface area contributed by atoms with Gasteiger partial charge in [-0.1, -0.05) is 13.8 Å². The van der Waals surface area contributed by atoms with Crippen LogP contribution >= 0.6 is 0 Å². The van der Waals surface area contributed by atoms with Crippen molar-refractivity contribution in [2.24, 2.45) is 0 Å². The molecule has 1 aliphatic heterocycles. The van der Waals surface area contributed by atoms with Gasteiger partial charge in [-0.15, -0.1) is 0 Å². The number of rotatable bonds is 0. The lowest BCUT2D eigenvalue weighted by atomic mass is 10.1. The summed E-state index contributed by atoms with van der Waals surface area (Å²) in [7, 11) is 0. The molecule has 0 amide bonds. The van der Waals surface area contributed by atoms with Crippen LogP contribution in [0, 0.1) is 0 Å². The summed E-state index contributed by atoms with van der Waals surface area (Å²) in [6.07, 6.45) is 1.39. The second-order valence-corrected chi connectivity index (χ2v) is 2.17. The van der Waals surface area contributed by atoms with Crippen LogP contribution < -0.4 is 0 Å². The van der Waals surface area contributed by atoms with Crippen molar-refractivity contribution in [2.45, 2.75) is 39.7 Å². The van der Waals surface area contributed by atoms with Gasteiger partial charge in [-0.25, -0.2) is 0 Å². The molecule has 0 bridgehead atoms. The second-order valence-electron chi connectivity index (χ2n) is 2.17. The molecule has 0 aromatic heterocycles. The van der Waals surface area contributed by atoms with Crippen LogP contribution in [-0.4, -0.2) is 18.5 Å². The van der Waals surface area contributed by atoms with Crippen LogP contribution in [-0.2, 0) is 9.53 Å². The maximum Gasteiger partial charge on any atom is 0.137 e. The third-order valence-corrected chi connectivity index (χ3v) is 1.30. The van der Waals surface area contributed by atoms with Crippen molar-refractivity contribution in [3.8, 4) is 0 Å². The Morgan fingerprint density at radius 2 is 2.10 bits per heavy atom. The lowest BCUT2D eigenvalue weighted by Gasteiger charge is -2.16. The van der Waals surface area contributed by atoms with E-state index in [4.69, 9.17) is 4.74 Å². The summed E-state index contributed by atoms with van der Waals surface area (Å²) in [5, 5.41) is 0. The molecule has 1 heterocycles. The first-order chi connectivity index (χ1) is 4.79. The zero-order valence-corrected chi connectivity index (χ0v) is 7.02. The van der Waals surface area contributed by atoms with Crippen LogP contribution in [0.4, 0.5) is 0 Å². The van der Waals surface area contributed by atoms with Gasteiger partial charge >= 0.3 is 0 Å². The molecule has 0 spiro atoms. The van der Waals surface area contributed by atoms with Gasteiger partial charge in [-0.3, -0.25) is 4.79 Å². The van der Waals surface area contributed by atoms with Crippen molar-refractivity contribution >= 4 is 5.78 Å². The van der Waals surface area contributed by atoms with Crippen molar-refractivity contribution in [3.63, 3.8) is 0 Å². The normalized spacial score (nSPS) is 25.1. The molecule has 1 aliphatic rings. The van der Waals surface area contributed by atoms with E-state index >= 15 is 0 Å². The van der Waals surface area contributed by atoms with Crippen LogP contribution in [0.1, 0.15) is 33.6 Å². The molecule has 0 saturated carbocycles. The fraction of sp³-hybridized carbons (Fsp3) is 0.875. The third kappa shape index (κ3) is 3.62. The fourth-order valence-corrected chi connectivity index (χ4v) is 0.856. The molecule has 1 fully saturated rings. The minimum Gasteiger partial charge on any atom is -0.378 e. The van der Waals surface area contributed by atoms with Gasteiger partial charge in [0, 0.05) is 12.8 Å². The zero-order valence-electron chi connectivity index (χ0n) is 7.02. The summed E-state index contributed by atoms with van der Waals surface area (Å²) in [4.78, 5) is 10.6. The zero-order chi connectivity index (χ0) is 7.98. The van der Waals surface area contributed by atoms with Crippen LogP contribution in [0.15, 0.2) is 0 Å². The minimum absolute atomic E-state index is 0.163. The molecule has 10 heavy (non-hydrogen) atoms. The topological polar surface area (TPSA) is 26.3 Å². The van der Waals surface area contributed by atoms with Crippen LogP contribution in [0.2, 0.25) is 0 Å². The van der Waals surface area contributed by atoms with Gasteiger partial charge in [-0.05, 0) is 6.92 Å². The lowest BCUT2D eigenvalue weighted by Crippen LogP contribution is -2.22. The number of Topliss-reactive ketones (excluding diaryl/α,β-unsaturated/α-hetero) is 1. The molecular formula is C8H16O2. The fourth-order valence-electron chi connectivity index (χ4n) is 0.856. The highest BCUT2D eigenvalue weighted by atomic mass is 16.5. The van der Waals surface area contributed by atoms with E-state index in [0.717, 1.165) is 0 Å². The van der Waals surface area contributed by atoms with E-state index in [0.29, 0.717) is 25.2 Å². The predicted octanol–water partition coefficient (Wildman–Crippen LogP) is 1.78. The van der Waals surface area contributed by atoms with E-state index in [2.05, 4.69) is 0 Å². The van der Waals surface area contributed by atoms with Crippen molar-refractivity contribution in [1.82, 2.24) is 0 Å². The second kappa shape index (κ2) is 5.42. The van der Waals surface area contributed by atoms with Gasteiger partial charge in [0.05, 0.1) is 12.7 Å². The Hall–Kier alpha value is -0.370. The average molecular weight is 144 g/mol. The molecule has 0 aliphatic carbocycles. The quantitative estimate of drug-likeness (QED) is 0.518. The summed E-state index contributed by atoms with van der Waals surface area (Å²) >= 11 is 0. The Bertz CT molecular complexity index is 99.4. The molecule has 1 saturated heterocycles. The number of carbonyl (C=O) groups excluding carboxylic acids is 1. The maximum absolute atomic E-state index is 10.6. The van der Waals surface area contributed by atoms with Crippen molar-refractivity contribution in [1.29, 1.82) is 0 Å². The van der Waals surface area contributed by atoms with Gasteiger partial charge in [0.15, 0.2) is 0 Å². The van der Waals surface area contributed by atoms with Gasteiger partial charge in [0.25, 0.3) is 0 Å². The van der Waals surface area contributed by atoms with E-state index in [1.807, 2.05) is 20.8 Å². The van der Waals surface area contributed by atoms with E-state index in [1.165, 1.54) is 0 Å². The molecule has 2 nitrogen and oxygen atoms in total. The summed E-state index contributed by atoms with van der Waals surface area (Å²) in [5.41, 5.74) is 0. The molecule has 0 aromatic rings. The molecule has 1 atom stereocenters. The van der Waals surface area contributed by atoms with E-state index < -0.39 is 0 Å². The number of ketones is 1. The highest BCUT2D eigenvalue weighted by Gasteiger charge is 2.14. The van der Waals surface area contributed by atoms with E-state index in [-0.39, 0.29) is 6.10 Å². The van der Waals surface area contributed by atoms with E-state index in [9.17, 15) is 4.79 Å². The Balaban J connectivity index is 0.000000371. The van der Waals surface area contributed by atoms with Gasteiger partial charge in [0.1, 0.15) is 5.78 Å². The van der Waals surface area contributed by atoms with Crippen LogP contribution in [0.25, 0.3) is 0 Å². The third-order valence-electron chi connectivity index (χ3n) is 1.30. The highest BCUT2D eigenvalue weighted by Crippen LogP contribution is 2.07. The largest absolute Gasteiger partial charge is 0.378 e. The summed E-state index contributed by atoms with van der Waals surface area (Å²) in [5.74, 6) is 0.337. The monoisotopic (exact) mass is 144 g/mol. The first-order valence-corrected chi connectivity index (χ1v) is 3.92. The smallest absolute Gasteiger partial charge is 0.137 e. The number of hydrogen-bond donors (Lipinski definition) is 0. The standard InChI is InChI=1S/C6H10O2.C2H6/c1-5-4-6(7)2-3-8-5;1-2/h5H,2-4H2,1H3;1-2H3. The lowest BCUT2D eigenvalue weighted by molar-refractivity contribution is -0.127. The molecular weight excluding hydrogens is 128 g/mol. The molecule has 0 N–H and O–H groups in total. The first kappa shape index (κ1) is 9.63. The first-order valence-electron chi connectivity index (χ1n) is 3.92. The number of hydrogen-bond acceptors (Lipinski definition) is 2. The molecule has 2 heteroatoms. The van der Waals surface area contributed by atoms with Gasteiger partial charge < -0.3 is 4.74 Å². The van der Waals surface area contributed by atoms with Crippen molar-refractivity contribution in [2.75, 3.05) is 6.61 Å². The van der Waals surface area contributed by atoms with Crippen LogP contribution in [0.5, 0.6) is 0 Å². The van der Waals surface area contributed by atoms with Gasteiger partial charge in [0.2, 0.25) is 0 Å². The summed E-state index contributed by atoms with van der Waals surface area (Å²) < 4.78 is 5.13. The molecule has 1 unspecified atom stereocenters. The molecule has 0 radical (unpaired) electrons. The Labute approximate surface area is 62.6 Å². The van der Waals surface area contributed by atoms with Gasteiger partial charge in [-0.2, -0.15) is 0 Å². The van der Waals surface area contributed by atoms with E-state index in [1.54, 1.807) is 0 Å². The number of carbonyl (C=O) groups is 1. The molecule has 0 aromatic carbocycles. The van der Waals surface area contributed by atoms with Crippen LogP contribution in [0.3, 0.4) is 0 Å². The maximum atomic E-state index is 10.6. The summed E-state index contributed by atoms with van der Waals surface area (Å²) in [6, 6.07) is 0. The highest BCUT2D eigenvalue weighted by molar-refractivity contribution is 5.79. The Morgan fingerprint density at radius 1 is 1.50 bits per heavy atom. The Morgan fingerprint density at radius 3 is 2.40 bits per heavy atom. The SMILES string of the molecule is CC.CC1CC(=O)CCO1. The minimum atomic E-state index is 0.163. The Kier molecular flexibility index (Phi) is 5.22. The predicted molar refractivity (Wildman–Crippen MR) is 41.0 cm³/mol. The summed E-state index contributed by atoms with van der Waals surface area (Å²) in [6.45, 7) is 6.55. The van der Waals surface area contributed by atoms with Crippen molar-refractivity contribution in [3.05, 3.63) is 0 Å². The molecule has 1 rings (SSSR count). The van der Waals surface area contributed by atoms with Crippen molar-refractivity contribution < 1.29 is 9.53 Å². The molecule has 60 valence electrons. The number of ether oxygens (including phenoxy) is 1.